The number of amides is 2. The third-order valence-corrected chi connectivity index (χ3v) is 6.26. The summed E-state index contributed by atoms with van der Waals surface area (Å²) >= 11 is 1.21. The van der Waals surface area contributed by atoms with Gasteiger partial charge in [-0.3, -0.25) is 14.7 Å². The Labute approximate surface area is 197 Å². The molecule has 0 aliphatic heterocycles. The number of alkyl halides is 3. The summed E-state index contributed by atoms with van der Waals surface area (Å²) in [6.45, 7) is 0. The van der Waals surface area contributed by atoms with E-state index in [0.29, 0.717) is 16.8 Å². The van der Waals surface area contributed by atoms with Crippen LogP contribution < -0.4 is 10.6 Å². The van der Waals surface area contributed by atoms with E-state index >= 15 is 0 Å². The van der Waals surface area contributed by atoms with Crippen molar-refractivity contribution in [3.05, 3.63) is 65.5 Å². The predicted octanol–water partition coefficient (Wildman–Crippen LogP) is 5.46. The molecule has 1 aliphatic carbocycles. The van der Waals surface area contributed by atoms with Crippen LogP contribution in [0.25, 0.3) is 0 Å². The topological polar surface area (TPSA) is 99.8 Å². The van der Waals surface area contributed by atoms with Gasteiger partial charge in [0, 0.05) is 22.9 Å². The minimum atomic E-state index is -4.51. The lowest BCUT2D eigenvalue weighted by atomic mass is 10.1. The average molecular weight is 490 g/mol. The van der Waals surface area contributed by atoms with Gasteiger partial charge in [-0.05, 0) is 49.2 Å². The number of carbonyl (C=O) groups is 2. The van der Waals surface area contributed by atoms with Gasteiger partial charge >= 0.3 is 6.18 Å². The van der Waals surface area contributed by atoms with Gasteiger partial charge in [0.25, 0.3) is 5.91 Å². The number of carbonyl (C=O) groups excluding carboxylic acids is 2. The number of benzene rings is 2. The van der Waals surface area contributed by atoms with Crippen molar-refractivity contribution in [2.45, 2.75) is 42.9 Å². The van der Waals surface area contributed by atoms with E-state index in [4.69, 9.17) is 0 Å². The van der Waals surface area contributed by atoms with E-state index in [1.807, 2.05) is 0 Å². The van der Waals surface area contributed by atoms with E-state index in [9.17, 15) is 22.8 Å². The number of hydrogen-bond acceptors (Lipinski definition) is 5. The Morgan fingerprint density at radius 1 is 1.03 bits per heavy atom. The number of aromatic nitrogens is 3. The monoisotopic (exact) mass is 489 g/mol. The number of rotatable bonds is 7. The highest BCUT2D eigenvalue weighted by molar-refractivity contribution is 7.99. The number of nitrogens with zero attached hydrogens (tertiary/aromatic N) is 2. The van der Waals surface area contributed by atoms with E-state index in [-0.39, 0.29) is 22.9 Å². The quantitative estimate of drug-likeness (QED) is 0.383. The second-order valence-corrected chi connectivity index (χ2v) is 8.88. The highest BCUT2D eigenvalue weighted by Crippen LogP contribution is 2.33. The van der Waals surface area contributed by atoms with Crippen LogP contribution in [0.2, 0.25) is 0 Å². The van der Waals surface area contributed by atoms with Crippen molar-refractivity contribution in [2.75, 3.05) is 16.4 Å². The largest absolute Gasteiger partial charge is 0.416 e. The average Bonchev–Trinajstić information content (AvgIpc) is 3.49. The summed E-state index contributed by atoms with van der Waals surface area (Å²) in [7, 11) is 0. The number of halogens is 3. The van der Waals surface area contributed by atoms with Gasteiger partial charge in [0.1, 0.15) is 5.82 Å². The number of nitrogens with one attached hydrogen (secondary N) is 3. The van der Waals surface area contributed by atoms with Crippen LogP contribution in [0.15, 0.2) is 53.7 Å². The molecule has 0 unspecified atom stereocenters. The maximum Gasteiger partial charge on any atom is 0.416 e. The molecular formula is C23H22F3N5O2S. The Balaban J connectivity index is 1.32. The van der Waals surface area contributed by atoms with E-state index in [1.165, 1.54) is 48.9 Å². The van der Waals surface area contributed by atoms with E-state index in [2.05, 4.69) is 25.8 Å². The van der Waals surface area contributed by atoms with Crippen molar-refractivity contribution in [3.63, 3.8) is 0 Å². The zero-order chi connectivity index (χ0) is 24.1. The summed E-state index contributed by atoms with van der Waals surface area (Å²) in [6, 6.07) is 10.5. The molecule has 3 aromatic rings. The minimum Gasteiger partial charge on any atom is -0.325 e. The summed E-state index contributed by atoms with van der Waals surface area (Å²) in [5.41, 5.74) is -0.248. The maximum atomic E-state index is 12.9. The zero-order valence-corrected chi connectivity index (χ0v) is 18.8. The van der Waals surface area contributed by atoms with Crippen LogP contribution in [-0.2, 0) is 11.0 Å². The molecule has 3 N–H and O–H groups in total. The molecule has 1 fully saturated rings. The van der Waals surface area contributed by atoms with Gasteiger partial charge in [-0.15, -0.1) is 5.10 Å². The molecule has 0 spiro atoms. The molecule has 34 heavy (non-hydrogen) atoms. The molecular weight excluding hydrogens is 467 g/mol. The number of anilines is 2. The van der Waals surface area contributed by atoms with Crippen LogP contribution in [0, 0.1) is 0 Å². The van der Waals surface area contributed by atoms with Crippen molar-refractivity contribution >= 4 is 35.0 Å². The van der Waals surface area contributed by atoms with Crippen LogP contribution in [0.1, 0.15) is 53.3 Å². The Morgan fingerprint density at radius 2 is 1.74 bits per heavy atom. The van der Waals surface area contributed by atoms with E-state index in [1.54, 1.807) is 12.1 Å². The number of hydrogen-bond donors (Lipinski definition) is 3. The number of aromatic amines is 1. The Bertz CT molecular complexity index is 1180. The number of H-pyrrole nitrogens is 1. The standard InChI is InChI=1S/C23H22F3N5O2S/c24-23(25,26)16-8-4-10-18(12-16)28-21(33)15-7-3-9-17(11-15)27-19(32)13-34-22-29-20(30-31-22)14-5-1-2-6-14/h3-4,7-12,14H,1-2,5-6,13H2,(H,27,32)(H,28,33)(H,29,30,31). The molecule has 0 saturated heterocycles. The van der Waals surface area contributed by atoms with E-state index < -0.39 is 17.6 Å². The summed E-state index contributed by atoms with van der Waals surface area (Å²) in [6.07, 6.45) is 0.0575. The smallest absolute Gasteiger partial charge is 0.325 e. The molecule has 2 aromatic carbocycles. The normalized spacial score (nSPS) is 14.2. The lowest BCUT2D eigenvalue weighted by Crippen LogP contribution is -2.16. The van der Waals surface area contributed by atoms with Gasteiger partial charge in [0.2, 0.25) is 11.1 Å². The SMILES string of the molecule is O=C(CSc1n[nH]c(C2CCCC2)n1)Nc1cccc(C(=O)Nc2cccc(C(F)(F)F)c2)c1. The zero-order valence-electron chi connectivity index (χ0n) is 18.0. The van der Waals surface area contributed by atoms with Crippen LogP contribution in [0.5, 0.6) is 0 Å². The molecule has 178 valence electrons. The third kappa shape index (κ3) is 6.16. The molecule has 1 aliphatic rings. The molecule has 2 amide bonds. The van der Waals surface area contributed by atoms with Crippen molar-refractivity contribution in [1.29, 1.82) is 0 Å². The molecule has 0 atom stereocenters. The second-order valence-electron chi connectivity index (χ2n) is 7.93. The van der Waals surface area contributed by atoms with Gasteiger partial charge < -0.3 is 10.6 Å². The fraction of sp³-hybridized carbons (Fsp3) is 0.304. The first-order valence-electron chi connectivity index (χ1n) is 10.7. The third-order valence-electron chi connectivity index (χ3n) is 5.41. The molecule has 1 aromatic heterocycles. The molecule has 1 heterocycles. The lowest BCUT2D eigenvalue weighted by Gasteiger charge is -2.11. The fourth-order valence-electron chi connectivity index (χ4n) is 3.75. The van der Waals surface area contributed by atoms with Crippen molar-refractivity contribution in [3.8, 4) is 0 Å². The van der Waals surface area contributed by atoms with Crippen molar-refractivity contribution in [1.82, 2.24) is 15.2 Å². The fourth-order valence-corrected chi connectivity index (χ4v) is 4.35. The summed E-state index contributed by atoms with van der Waals surface area (Å²) in [5, 5.41) is 12.8. The molecule has 0 radical (unpaired) electrons. The van der Waals surface area contributed by atoms with Crippen LogP contribution in [0.3, 0.4) is 0 Å². The number of thioether (sulfide) groups is 1. The summed E-state index contributed by atoms with van der Waals surface area (Å²) in [5.74, 6) is 0.459. The van der Waals surface area contributed by atoms with Crippen LogP contribution >= 0.6 is 11.8 Å². The highest BCUT2D eigenvalue weighted by atomic mass is 32.2. The van der Waals surface area contributed by atoms with Crippen LogP contribution in [0.4, 0.5) is 24.5 Å². The van der Waals surface area contributed by atoms with Gasteiger partial charge in [0.15, 0.2) is 0 Å². The molecule has 1 saturated carbocycles. The van der Waals surface area contributed by atoms with Gasteiger partial charge in [-0.25, -0.2) is 4.98 Å². The van der Waals surface area contributed by atoms with E-state index in [0.717, 1.165) is 30.8 Å². The maximum absolute atomic E-state index is 12.9. The van der Waals surface area contributed by atoms with Gasteiger partial charge in [-0.1, -0.05) is 36.7 Å². The minimum absolute atomic E-state index is 0.0224. The van der Waals surface area contributed by atoms with Crippen LogP contribution in [-0.4, -0.2) is 32.7 Å². The molecule has 11 heteroatoms. The first kappa shape index (κ1) is 23.8. The first-order chi connectivity index (χ1) is 16.3. The summed E-state index contributed by atoms with van der Waals surface area (Å²) in [4.78, 5) is 29.3. The Hall–Kier alpha value is -3.34. The first-order valence-corrected chi connectivity index (χ1v) is 11.7. The lowest BCUT2D eigenvalue weighted by molar-refractivity contribution is -0.137. The van der Waals surface area contributed by atoms with Crippen molar-refractivity contribution < 1.29 is 22.8 Å². The summed E-state index contributed by atoms with van der Waals surface area (Å²) < 4.78 is 38.6. The molecule has 7 nitrogen and oxygen atoms in total. The second kappa shape index (κ2) is 10.3. The highest BCUT2D eigenvalue weighted by Gasteiger charge is 2.30. The predicted molar refractivity (Wildman–Crippen MR) is 123 cm³/mol. The van der Waals surface area contributed by atoms with Crippen molar-refractivity contribution in [2.24, 2.45) is 0 Å². The van der Waals surface area contributed by atoms with Gasteiger partial charge in [-0.2, -0.15) is 13.2 Å². The molecule has 0 bridgehead atoms. The Kier molecular flexibility index (Phi) is 7.20. The Morgan fingerprint density at radius 3 is 2.47 bits per heavy atom. The van der Waals surface area contributed by atoms with Gasteiger partial charge in [0.05, 0.1) is 11.3 Å². The molecule has 4 rings (SSSR count).